The van der Waals surface area contributed by atoms with Crippen molar-refractivity contribution in [2.75, 3.05) is 0 Å². The molecule has 0 saturated carbocycles. The van der Waals surface area contributed by atoms with Crippen LogP contribution in [-0.2, 0) is 9.05 Å². The first kappa shape index (κ1) is 14.4. The number of hydrogen-bond donors (Lipinski definition) is 1. The van der Waals surface area contributed by atoms with Crippen LogP contribution >= 0.6 is 10.7 Å². The molecule has 0 aromatic heterocycles. The van der Waals surface area contributed by atoms with E-state index in [2.05, 4.69) is 11.8 Å². The lowest BCUT2D eigenvalue weighted by Gasteiger charge is -1.99. The second kappa shape index (κ2) is 5.35. The molecule has 0 saturated heterocycles. The normalized spacial score (nSPS) is 12.4. The molecule has 1 aromatic carbocycles. The van der Waals surface area contributed by atoms with Gasteiger partial charge in [0.05, 0.1) is 9.82 Å². The monoisotopic (exact) mass is 289 g/mol. The third-order valence-electron chi connectivity index (χ3n) is 1.86. The summed E-state index contributed by atoms with van der Waals surface area (Å²) < 4.78 is 22.1. The van der Waals surface area contributed by atoms with E-state index in [1.165, 1.54) is 13.0 Å². The maximum atomic E-state index is 11.1. The van der Waals surface area contributed by atoms with Gasteiger partial charge in [0, 0.05) is 16.7 Å². The fraction of sp³-hybridized carbons (Fsp3) is 0.200. The number of benzene rings is 1. The van der Waals surface area contributed by atoms with E-state index in [0.29, 0.717) is 0 Å². The molecule has 6 nitrogen and oxygen atoms in total. The molecule has 96 valence electrons. The van der Waals surface area contributed by atoms with Crippen molar-refractivity contribution in [3.63, 3.8) is 0 Å². The average Bonchev–Trinajstić information content (AvgIpc) is 2.24. The van der Waals surface area contributed by atoms with Crippen LogP contribution in [-0.4, -0.2) is 24.6 Å². The summed E-state index contributed by atoms with van der Waals surface area (Å²) in [5.41, 5.74) is -0.477. The van der Waals surface area contributed by atoms with Crippen LogP contribution in [0.5, 0.6) is 0 Å². The first-order chi connectivity index (χ1) is 8.21. The number of halogens is 1. The van der Waals surface area contributed by atoms with E-state index in [-0.39, 0.29) is 10.5 Å². The highest BCUT2D eigenvalue weighted by atomic mass is 35.7. The molecule has 18 heavy (non-hydrogen) atoms. The van der Waals surface area contributed by atoms with Gasteiger partial charge >= 0.3 is 0 Å². The Balaban J connectivity index is 3.41. The van der Waals surface area contributed by atoms with Gasteiger partial charge in [0.15, 0.2) is 0 Å². The van der Waals surface area contributed by atoms with E-state index in [1.807, 2.05) is 0 Å². The zero-order chi connectivity index (χ0) is 13.9. The van der Waals surface area contributed by atoms with Crippen LogP contribution in [0.25, 0.3) is 0 Å². The smallest absolute Gasteiger partial charge is 0.286 e. The molecule has 0 fully saturated rings. The molecule has 1 rings (SSSR count). The molecule has 0 unspecified atom stereocenters. The molecule has 1 aromatic rings. The maximum absolute atomic E-state index is 11.1. The van der Waals surface area contributed by atoms with Gasteiger partial charge in [-0.05, 0) is 19.1 Å². The molecule has 0 aliphatic rings. The Morgan fingerprint density at radius 1 is 1.50 bits per heavy atom. The van der Waals surface area contributed by atoms with Gasteiger partial charge in [-0.3, -0.25) is 10.1 Å². The number of aliphatic hydroxyl groups excluding tert-OH is 1. The number of rotatable bonds is 2. The standard InChI is InChI=1S/C10H8ClNO5S/c1-7(13)2-3-8-4-5-9(18(11,16)17)6-10(8)12(14)15/h4-7,13H,1H3/t7-/m0/s1. The molecule has 0 amide bonds. The number of nitro benzene ring substituents is 1. The zero-order valence-corrected chi connectivity index (χ0v) is 10.7. The lowest BCUT2D eigenvalue weighted by molar-refractivity contribution is -0.385. The van der Waals surface area contributed by atoms with Gasteiger partial charge in [0.25, 0.3) is 14.7 Å². The topological polar surface area (TPSA) is 97.5 Å². The molecule has 8 heteroatoms. The lowest BCUT2D eigenvalue weighted by Crippen LogP contribution is -1.98. The van der Waals surface area contributed by atoms with Crippen LogP contribution in [0.15, 0.2) is 23.1 Å². The highest BCUT2D eigenvalue weighted by molar-refractivity contribution is 8.13. The summed E-state index contributed by atoms with van der Waals surface area (Å²) >= 11 is 0. The molecule has 0 spiro atoms. The minimum absolute atomic E-state index is 0.00460. The van der Waals surface area contributed by atoms with Crippen molar-refractivity contribution in [2.45, 2.75) is 17.9 Å². The zero-order valence-electron chi connectivity index (χ0n) is 9.12. The summed E-state index contributed by atoms with van der Waals surface area (Å²) in [5.74, 6) is 4.73. The number of hydrogen-bond acceptors (Lipinski definition) is 5. The van der Waals surface area contributed by atoms with E-state index in [9.17, 15) is 18.5 Å². The first-order valence-corrected chi connectivity index (χ1v) is 6.95. The van der Waals surface area contributed by atoms with Crippen LogP contribution in [0, 0.1) is 22.0 Å². The van der Waals surface area contributed by atoms with Crippen LogP contribution in [0.3, 0.4) is 0 Å². The van der Waals surface area contributed by atoms with Gasteiger partial charge in [0.1, 0.15) is 11.7 Å². The molecular formula is C10H8ClNO5S. The fourth-order valence-electron chi connectivity index (χ4n) is 1.10. The average molecular weight is 290 g/mol. The van der Waals surface area contributed by atoms with Gasteiger partial charge < -0.3 is 5.11 Å². The maximum Gasteiger partial charge on any atom is 0.286 e. The Labute approximate surface area is 108 Å². The van der Waals surface area contributed by atoms with Crippen molar-refractivity contribution < 1.29 is 18.4 Å². The molecular weight excluding hydrogens is 282 g/mol. The second-order valence-electron chi connectivity index (χ2n) is 3.32. The Kier molecular flexibility index (Phi) is 4.29. The predicted octanol–water partition coefficient (Wildman–Crippen LogP) is 1.25. The van der Waals surface area contributed by atoms with Crippen LogP contribution in [0.1, 0.15) is 12.5 Å². The largest absolute Gasteiger partial charge is 0.381 e. The van der Waals surface area contributed by atoms with Crippen molar-refractivity contribution in [3.8, 4) is 11.8 Å². The summed E-state index contributed by atoms with van der Waals surface area (Å²) in [6, 6.07) is 3.11. The third kappa shape index (κ3) is 3.70. The van der Waals surface area contributed by atoms with Crippen molar-refractivity contribution in [3.05, 3.63) is 33.9 Å². The molecule has 1 N–H and O–H groups in total. The Morgan fingerprint density at radius 2 is 2.11 bits per heavy atom. The molecule has 0 heterocycles. The van der Waals surface area contributed by atoms with Crippen molar-refractivity contribution >= 4 is 25.4 Å². The molecule has 0 aliphatic heterocycles. The Hall–Kier alpha value is -1.62. The van der Waals surface area contributed by atoms with E-state index >= 15 is 0 Å². The number of aliphatic hydroxyl groups is 1. The highest BCUT2D eigenvalue weighted by Crippen LogP contribution is 2.24. The van der Waals surface area contributed by atoms with E-state index < -0.39 is 25.8 Å². The summed E-state index contributed by atoms with van der Waals surface area (Å²) in [4.78, 5) is 9.64. The van der Waals surface area contributed by atoms with Crippen molar-refractivity contribution in [1.82, 2.24) is 0 Å². The second-order valence-corrected chi connectivity index (χ2v) is 5.89. The quantitative estimate of drug-likeness (QED) is 0.382. The fourth-order valence-corrected chi connectivity index (χ4v) is 1.87. The Bertz CT molecular complexity index is 642. The summed E-state index contributed by atoms with van der Waals surface area (Å²) in [6.45, 7) is 1.40. The molecule has 0 aliphatic carbocycles. The van der Waals surface area contributed by atoms with Gasteiger partial charge in [0.2, 0.25) is 0 Å². The summed E-state index contributed by atoms with van der Waals surface area (Å²) in [7, 11) is 1.05. The van der Waals surface area contributed by atoms with E-state index in [0.717, 1.165) is 12.1 Å². The van der Waals surface area contributed by atoms with E-state index in [4.69, 9.17) is 15.8 Å². The van der Waals surface area contributed by atoms with Gasteiger partial charge in [-0.25, -0.2) is 8.42 Å². The number of nitrogens with zero attached hydrogens (tertiary/aromatic N) is 1. The van der Waals surface area contributed by atoms with E-state index in [1.54, 1.807) is 0 Å². The van der Waals surface area contributed by atoms with Gasteiger partial charge in [-0.2, -0.15) is 0 Å². The lowest BCUT2D eigenvalue weighted by atomic mass is 10.2. The van der Waals surface area contributed by atoms with Crippen LogP contribution in [0.2, 0.25) is 0 Å². The molecule has 0 bridgehead atoms. The molecule has 1 atom stereocenters. The minimum atomic E-state index is -4.04. The molecule has 0 radical (unpaired) electrons. The van der Waals surface area contributed by atoms with Gasteiger partial charge in [-0.1, -0.05) is 11.8 Å². The van der Waals surface area contributed by atoms with Crippen LogP contribution < -0.4 is 0 Å². The number of nitro groups is 1. The summed E-state index contributed by atoms with van der Waals surface area (Å²) in [5, 5.41) is 19.7. The van der Waals surface area contributed by atoms with Crippen molar-refractivity contribution in [2.24, 2.45) is 0 Å². The Morgan fingerprint density at radius 3 is 2.56 bits per heavy atom. The first-order valence-electron chi connectivity index (χ1n) is 4.64. The predicted molar refractivity (Wildman–Crippen MR) is 64.7 cm³/mol. The minimum Gasteiger partial charge on any atom is -0.381 e. The third-order valence-corrected chi connectivity index (χ3v) is 3.21. The summed E-state index contributed by atoms with van der Waals surface area (Å²) in [6.07, 6.45) is -0.943. The highest BCUT2D eigenvalue weighted by Gasteiger charge is 2.18. The van der Waals surface area contributed by atoms with Crippen LogP contribution in [0.4, 0.5) is 5.69 Å². The van der Waals surface area contributed by atoms with Gasteiger partial charge in [-0.15, -0.1) is 0 Å². The SMILES string of the molecule is C[C@H](O)C#Cc1ccc(S(=O)(=O)Cl)cc1[N+](=O)[O-]. The van der Waals surface area contributed by atoms with Crippen molar-refractivity contribution in [1.29, 1.82) is 0 Å².